The van der Waals surface area contributed by atoms with Crippen molar-refractivity contribution in [2.75, 3.05) is 24.7 Å². The molecule has 6 heteroatoms. The minimum absolute atomic E-state index is 0.0274. The van der Waals surface area contributed by atoms with Crippen molar-refractivity contribution in [3.63, 3.8) is 0 Å². The smallest absolute Gasteiger partial charge is 0.307 e. The molecule has 0 aromatic heterocycles. The second kappa shape index (κ2) is 5.82. The van der Waals surface area contributed by atoms with Crippen molar-refractivity contribution >= 4 is 15.8 Å². The molecule has 17 heavy (non-hydrogen) atoms. The fourth-order valence-corrected chi connectivity index (χ4v) is 3.83. The van der Waals surface area contributed by atoms with E-state index in [2.05, 4.69) is 4.90 Å². The molecule has 0 saturated carbocycles. The highest BCUT2D eigenvalue weighted by Gasteiger charge is 2.31. The number of sulfone groups is 1. The van der Waals surface area contributed by atoms with Crippen LogP contribution in [-0.4, -0.2) is 56.0 Å². The SMILES string of the molecule is CCOC(=O)CC(C)N1CCS(=O)(=O)CC1C. The van der Waals surface area contributed by atoms with Gasteiger partial charge in [-0.05, 0) is 20.8 Å². The number of hydrogen-bond acceptors (Lipinski definition) is 5. The second-order valence-electron chi connectivity index (χ2n) is 4.56. The van der Waals surface area contributed by atoms with Gasteiger partial charge >= 0.3 is 5.97 Å². The van der Waals surface area contributed by atoms with Crippen LogP contribution in [0, 0.1) is 0 Å². The lowest BCUT2D eigenvalue weighted by Gasteiger charge is -2.37. The van der Waals surface area contributed by atoms with Crippen LogP contribution in [0.4, 0.5) is 0 Å². The zero-order valence-corrected chi connectivity index (χ0v) is 11.5. The van der Waals surface area contributed by atoms with Crippen LogP contribution < -0.4 is 0 Å². The van der Waals surface area contributed by atoms with Crippen LogP contribution in [-0.2, 0) is 19.4 Å². The molecular formula is C11H21NO4S. The van der Waals surface area contributed by atoms with Crippen molar-refractivity contribution in [1.29, 1.82) is 0 Å². The maximum absolute atomic E-state index is 11.4. The summed E-state index contributed by atoms with van der Waals surface area (Å²) in [6.45, 7) is 6.49. The summed E-state index contributed by atoms with van der Waals surface area (Å²) < 4.78 is 27.8. The molecule has 0 bridgehead atoms. The van der Waals surface area contributed by atoms with E-state index < -0.39 is 9.84 Å². The van der Waals surface area contributed by atoms with E-state index >= 15 is 0 Å². The van der Waals surface area contributed by atoms with Gasteiger partial charge in [0.15, 0.2) is 9.84 Å². The Labute approximate surface area is 103 Å². The predicted octanol–water partition coefficient (Wildman–Crippen LogP) is 0.447. The lowest BCUT2D eigenvalue weighted by molar-refractivity contribution is -0.144. The van der Waals surface area contributed by atoms with Gasteiger partial charge in [-0.1, -0.05) is 0 Å². The van der Waals surface area contributed by atoms with Gasteiger partial charge in [0.2, 0.25) is 0 Å². The fraction of sp³-hybridized carbons (Fsp3) is 0.909. The van der Waals surface area contributed by atoms with Gasteiger partial charge in [0.05, 0.1) is 24.5 Å². The summed E-state index contributed by atoms with van der Waals surface area (Å²) in [6, 6.07) is -0.00211. The van der Waals surface area contributed by atoms with Crippen molar-refractivity contribution in [2.45, 2.75) is 39.3 Å². The van der Waals surface area contributed by atoms with Crippen LogP contribution in [0.5, 0.6) is 0 Å². The third kappa shape index (κ3) is 4.27. The van der Waals surface area contributed by atoms with Crippen LogP contribution in [0.2, 0.25) is 0 Å². The summed E-state index contributed by atoms with van der Waals surface area (Å²) in [5, 5.41) is 0. The summed E-state index contributed by atoms with van der Waals surface area (Å²) in [7, 11) is -2.89. The van der Waals surface area contributed by atoms with E-state index in [1.807, 2.05) is 13.8 Å². The molecule has 0 spiro atoms. The Morgan fingerprint density at radius 3 is 2.71 bits per heavy atom. The van der Waals surface area contributed by atoms with Crippen molar-refractivity contribution in [1.82, 2.24) is 4.90 Å². The molecule has 1 rings (SSSR count). The van der Waals surface area contributed by atoms with E-state index in [1.165, 1.54) is 0 Å². The number of rotatable bonds is 4. The maximum Gasteiger partial charge on any atom is 0.307 e. The first-order valence-corrected chi connectivity index (χ1v) is 7.79. The predicted molar refractivity (Wildman–Crippen MR) is 65.5 cm³/mol. The Morgan fingerprint density at radius 2 is 2.18 bits per heavy atom. The largest absolute Gasteiger partial charge is 0.466 e. The Bertz CT molecular complexity index is 366. The molecule has 2 atom stereocenters. The number of carbonyl (C=O) groups excluding carboxylic acids is 1. The molecule has 0 radical (unpaired) electrons. The van der Waals surface area contributed by atoms with Gasteiger partial charge < -0.3 is 4.74 Å². The number of ether oxygens (including phenoxy) is 1. The number of nitrogens with zero attached hydrogens (tertiary/aromatic N) is 1. The normalized spacial score (nSPS) is 26.4. The third-order valence-corrected chi connectivity index (χ3v) is 4.85. The van der Waals surface area contributed by atoms with Crippen molar-refractivity contribution in [3.05, 3.63) is 0 Å². The lowest BCUT2D eigenvalue weighted by Crippen LogP contribution is -2.51. The standard InChI is InChI=1S/C11H21NO4S/c1-4-16-11(13)7-9(2)12-5-6-17(14,15)8-10(12)3/h9-10H,4-8H2,1-3H3. The van der Waals surface area contributed by atoms with Gasteiger partial charge in [-0.3, -0.25) is 9.69 Å². The fourth-order valence-electron chi connectivity index (χ4n) is 2.24. The minimum Gasteiger partial charge on any atom is -0.466 e. The van der Waals surface area contributed by atoms with Crippen molar-refractivity contribution in [3.8, 4) is 0 Å². The maximum atomic E-state index is 11.4. The number of hydrogen-bond donors (Lipinski definition) is 0. The highest BCUT2D eigenvalue weighted by atomic mass is 32.2. The molecule has 0 aromatic carbocycles. The average Bonchev–Trinajstić information content (AvgIpc) is 2.15. The molecule has 0 aromatic rings. The summed E-state index contributed by atoms with van der Waals surface area (Å²) in [5.41, 5.74) is 0. The van der Waals surface area contributed by atoms with Crippen LogP contribution in [0.25, 0.3) is 0 Å². The zero-order chi connectivity index (χ0) is 13.1. The third-order valence-electron chi connectivity index (χ3n) is 3.06. The summed E-state index contributed by atoms with van der Waals surface area (Å²) in [6.07, 6.45) is 0.318. The molecule has 1 aliphatic rings. The number of esters is 1. The molecule has 0 amide bonds. The van der Waals surface area contributed by atoms with Crippen LogP contribution in [0.3, 0.4) is 0 Å². The van der Waals surface area contributed by atoms with Gasteiger partial charge in [-0.15, -0.1) is 0 Å². The Morgan fingerprint density at radius 1 is 1.53 bits per heavy atom. The quantitative estimate of drug-likeness (QED) is 0.689. The van der Waals surface area contributed by atoms with E-state index in [9.17, 15) is 13.2 Å². The Balaban J connectivity index is 2.53. The molecular weight excluding hydrogens is 242 g/mol. The molecule has 1 saturated heterocycles. The zero-order valence-electron chi connectivity index (χ0n) is 10.7. The van der Waals surface area contributed by atoms with Crippen molar-refractivity contribution in [2.24, 2.45) is 0 Å². The van der Waals surface area contributed by atoms with Crippen LogP contribution in [0.15, 0.2) is 0 Å². The van der Waals surface area contributed by atoms with E-state index in [0.29, 0.717) is 19.6 Å². The molecule has 100 valence electrons. The molecule has 5 nitrogen and oxygen atoms in total. The van der Waals surface area contributed by atoms with Crippen molar-refractivity contribution < 1.29 is 17.9 Å². The van der Waals surface area contributed by atoms with E-state index in [1.54, 1.807) is 6.92 Å². The molecule has 0 N–H and O–H groups in total. The Kier molecular flexibility index (Phi) is 4.94. The van der Waals surface area contributed by atoms with Crippen LogP contribution >= 0.6 is 0 Å². The minimum atomic E-state index is -2.89. The van der Waals surface area contributed by atoms with E-state index in [-0.39, 0.29) is 29.6 Å². The summed E-state index contributed by atoms with van der Waals surface area (Å²) >= 11 is 0. The van der Waals surface area contributed by atoms with E-state index in [0.717, 1.165) is 0 Å². The first-order valence-electron chi connectivity index (χ1n) is 5.97. The van der Waals surface area contributed by atoms with Gasteiger partial charge in [-0.25, -0.2) is 8.42 Å². The monoisotopic (exact) mass is 263 g/mol. The molecule has 2 unspecified atom stereocenters. The van der Waals surface area contributed by atoms with Gasteiger partial charge in [0.1, 0.15) is 0 Å². The molecule has 1 aliphatic heterocycles. The first-order chi connectivity index (χ1) is 7.85. The molecule has 1 heterocycles. The Hall–Kier alpha value is -0.620. The second-order valence-corrected chi connectivity index (χ2v) is 6.79. The summed E-state index contributed by atoms with van der Waals surface area (Å²) in [4.78, 5) is 13.4. The topological polar surface area (TPSA) is 63.7 Å². The van der Waals surface area contributed by atoms with Gasteiger partial charge in [0, 0.05) is 18.6 Å². The molecule has 1 fully saturated rings. The first kappa shape index (κ1) is 14.4. The number of carbonyl (C=O) groups is 1. The summed E-state index contributed by atoms with van der Waals surface area (Å²) in [5.74, 6) is 0.144. The molecule has 0 aliphatic carbocycles. The highest BCUT2D eigenvalue weighted by molar-refractivity contribution is 7.91. The van der Waals surface area contributed by atoms with Gasteiger partial charge in [-0.2, -0.15) is 0 Å². The van der Waals surface area contributed by atoms with E-state index in [4.69, 9.17) is 4.74 Å². The lowest BCUT2D eigenvalue weighted by atomic mass is 10.1. The highest BCUT2D eigenvalue weighted by Crippen LogP contribution is 2.16. The average molecular weight is 263 g/mol. The van der Waals surface area contributed by atoms with Crippen LogP contribution in [0.1, 0.15) is 27.2 Å². The van der Waals surface area contributed by atoms with Gasteiger partial charge in [0.25, 0.3) is 0 Å².